The first-order valence-electron chi connectivity index (χ1n) is 6.17. The zero-order chi connectivity index (χ0) is 16.0. The van der Waals surface area contributed by atoms with E-state index >= 15 is 0 Å². The summed E-state index contributed by atoms with van der Waals surface area (Å²) in [4.78, 5) is 22.6. The highest BCUT2D eigenvalue weighted by molar-refractivity contribution is 7.90. The van der Waals surface area contributed by atoms with Gasteiger partial charge in [-0.15, -0.1) is 0 Å². The molecule has 0 saturated carbocycles. The lowest BCUT2D eigenvalue weighted by Gasteiger charge is -2.14. The normalized spacial score (nSPS) is 12.7. The van der Waals surface area contributed by atoms with Crippen molar-refractivity contribution < 1.29 is 27.5 Å². The number of hydrogen-bond acceptors (Lipinski definition) is 5. The Labute approximate surface area is 122 Å². The van der Waals surface area contributed by atoms with Gasteiger partial charge in [-0.1, -0.05) is 0 Å². The van der Waals surface area contributed by atoms with E-state index < -0.39 is 27.9 Å². The Morgan fingerprint density at radius 1 is 1.38 bits per heavy atom. The number of nitrogens with one attached hydrogen (secondary N) is 2. The summed E-state index contributed by atoms with van der Waals surface area (Å²) in [6, 6.07) is 1.46. The molecule has 0 aliphatic carbocycles. The predicted octanol–water partition coefficient (Wildman–Crippen LogP) is 0.275. The molecule has 1 rings (SSSR count). The maximum atomic E-state index is 11.6. The van der Waals surface area contributed by atoms with Crippen LogP contribution in [0.3, 0.4) is 0 Å². The van der Waals surface area contributed by atoms with Gasteiger partial charge in [0.2, 0.25) is 0 Å². The van der Waals surface area contributed by atoms with Crippen molar-refractivity contribution in [2.75, 3.05) is 12.0 Å². The van der Waals surface area contributed by atoms with Gasteiger partial charge in [-0.3, -0.25) is 0 Å². The third-order valence-corrected chi connectivity index (χ3v) is 3.58. The molecule has 0 bridgehead atoms. The molecule has 0 fully saturated rings. The SMILES string of the molecule is Cc1ccc(CNC(=O)NC(CCS(C)(=O)=O)C(=O)O)o1. The van der Waals surface area contributed by atoms with Crippen molar-refractivity contribution in [2.24, 2.45) is 0 Å². The molecular weight excluding hydrogens is 300 g/mol. The van der Waals surface area contributed by atoms with Gasteiger partial charge < -0.3 is 20.2 Å². The smallest absolute Gasteiger partial charge is 0.326 e. The molecule has 0 spiro atoms. The average Bonchev–Trinajstić information content (AvgIpc) is 2.76. The van der Waals surface area contributed by atoms with Crippen LogP contribution in [0.1, 0.15) is 17.9 Å². The molecule has 0 radical (unpaired) electrons. The van der Waals surface area contributed by atoms with Crippen LogP contribution < -0.4 is 10.6 Å². The minimum Gasteiger partial charge on any atom is -0.480 e. The first-order chi connectivity index (χ1) is 9.67. The van der Waals surface area contributed by atoms with Crippen LogP contribution in [0, 0.1) is 6.92 Å². The Hall–Kier alpha value is -2.03. The number of amides is 2. The molecule has 0 aliphatic rings. The van der Waals surface area contributed by atoms with Crippen molar-refractivity contribution in [1.82, 2.24) is 10.6 Å². The lowest BCUT2D eigenvalue weighted by molar-refractivity contribution is -0.139. The second-order valence-electron chi connectivity index (χ2n) is 4.65. The van der Waals surface area contributed by atoms with Crippen LogP contribution in [0.15, 0.2) is 16.5 Å². The monoisotopic (exact) mass is 318 g/mol. The van der Waals surface area contributed by atoms with Gasteiger partial charge >= 0.3 is 12.0 Å². The van der Waals surface area contributed by atoms with Gasteiger partial charge in [-0.2, -0.15) is 0 Å². The summed E-state index contributed by atoms with van der Waals surface area (Å²) in [6.45, 7) is 1.87. The number of urea groups is 1. The predicted molar refractivity (Wildman–Crippen MR) is 74.6 cm³/mol. The third-order valence-electron chi connectivity index (χ3n) is 2.60. The van der Waals surface area contributed by atoms with E-state index in [4.69, 9.17) is 9.52 Å². The van der Waals surface area contributed by atoms with Crippen LogP contribution in [0.25, 0.3) is 0 Å². The van der Waals surface area contributed by atoms with Gasteiger partial charge in [-0.25, -0.2) is 18.0 Å². The fourth-order valence-electron chi connectivity index (χ4n) is 1.55. The summed E-state index contributed by atoms with van der Waals surface area (Å²) in [7, 11) is -3.29. The minimum atomic E-state index is -3.29. The number of sulfone groups is 1. The third kappa shape index (κ3) is 6.80. The molecule has 0 aliphatic heterocycles. The number of hydrogen-bond donors (Lipinski definition) is 3. The van der Waals surface area contributed by atoms with Crippen molar-refractivity contribution in [3.63, 3.8) is 0 Å². The molecule has 1 aromatic heterocycles. The first-order valence-corrected chi connectivity index (χ1v) is 8.23. The number of carbonyl (C=O) groups is 2. The highest BCUT2D eigenvalue weighted by atomic mass is 32.2. The van der Waals surface area contributed by atoms with Crippen molar-refractivity contribution >= 4 is 21.8 Å². The number of carbonyl (C=O) groups excluding carboxylic acids is 1. The van der Waals surface area contributed by atoms with Gasteiger partial charge in [0.1, 0.15) is 27.4 Å². The molecule has 118 valence electrons. The number of rotatable bonds is 7. The lowest BCUT2D eigenvalue weighted by Crippen LogP contribution is -2.46. The zero-order valence-corrected chi connectivity index (χ0v) is 12.6. The molecule has 21 heavy (non-hydrogen) atoms. The van der Waals surface area contributed by atoms with E-state index in [2.05, 4.69) is 10.6 Å². The first kappa shape index (κ1) is 17.0. The summed E-state index contributed by atoms with van der Waals surface area (Å²) >= 11 is 0. The molecule has 0 saturated heterocycles. The summed E-state index contributed by atoms with van der Waals surface area (Å²) in [6.07, 6.45) is 0.812. The van der Waals surface area contributed by atoms with Gasteiger partial charge in [0.05, 0.1) is 12.3 Å². The van der Waals surface area contributed by atoms with E-state index in [9.17, 15) is 18.0 Å². The van der Waals surface area contributed by atoms with E-state index in [1.54, 1.807) is 19.1 Å². The fourth-order valence-corrected chi connectivity index (χ4v) is 2.21. The average molecular weight is 318 g/mol. The molecule has 1 heterocycles. The number of aryl methyl sites for hydroxylation is 1. The molecule has 8 nitrogen and oxygen atoms in total. The van der Waals surface area contributed by atoms with Crippen LogP contribution in [0.2, 0.25) is 0 Å². The second-order valence-corrected chi connectivity index (χ2v) is 6.91. The van der Waals surface area contributed by atoms with E-state index in [0.29, 0.717) is 11.5 Å². The molecular formula is C12H18N2O6S. The highest BCUT2D eigenvalue weighted by Crippen LogP contribution is 2.05. The van der Waals surface area contributed by atoms with Crippen LogP contribution >= 0.6 is 0 Å². The van der Waals surface area contributed by atoms with Gasteiger partial charge in [0.25, 0.3) is 0 Å². The molecule has 1 unspecified atom stereocenters. The fraction of sp³-hybridized carbons (Fsp3) is 0.500. The Kier molecular flexibility index (Phi) is 5.77. The van der Waals surface area contributed by atoms with Crippen LogP contribution in [0.5, 0.6) is 0 Å². The topological polar surface area (TPSA) is 126 Å². The lowest BCUT2D eigenvalue weighted by atomic mass is 10.2. The molecule has 9 heteroatoms. The van der Waals surface area contributed by atoms with Gasteiger partial charge in [-0.05, 0) is 25.5 Å². The molecule has 2 amide bonds. The largest absolute Gasteiger partial charge is 0.480 e. The number of aliphatic carboxylic acids is 1. The quantitative estimate of drug-likeness (QED) is 0.663. The molecule has 1 atom stereocenters. The van der Waals surface area contributed by atoms with Crippen LogP contribution in [0.4, 0.5) is 4.79 Å². The Morgan fingerprint density at radius 3 is 2.52 bits per heavy atom. The Balaban J connectivity index is 2.47. The summed E-state index contributed by atoms with van der Waals surface area (Å²) in [5.74, 6) is -0.376. The van der Waals surface area contributed by atoms with Crippen molar-refractivity contribution in [1.29, 1.82) is 0 Å². The van der Waals surface area contributed by atoms with E-state index in [-0.39, 0.29) is 18.7 Å². The van der Waals surface area contributed by atoms with E-state index in [1.165, 1.54) is 0 Å². The van der Waals surface area contributed by atoms with Crippen LogP contribution in [-0.4, -0.2) is 43.6 Å². The standard InChI is InChI=1S/C12H18N2O6S/c1-8-3-4-9(20-8)7-13-12(17)14-10(11(15)16)5-6-21(2,18)19/h3-4,10H,5-7H2,1-2H3,(H,15,16)(H2,13,14,17). The van der Waals surface area contributed by atoms with Crippen molar-refractivity contribution in [3.8, 4) is 0 Å². The van der Waals surface area contributed by atoms with Gasteiger partial charge in [0.15, 0.2) is 0 Å². The number of carboxylic acids is 1. The zero-order valence-electron chi connectivity index (χ0n) is 11.8. The Bertz CT molecular complexity index is 607. The second kappa shape index (κ2) is 7.11. The molecule has 0 aromatic carbocycles. The molecule has 3 N–H and O–H groups in total. The number of carboxylic acid groups (broad SMARTS) is 1. The van der Waals surface area contributed by atoms with E-state index in [0.717, 1.165) is 6.26 Å². The summed E-state index contributed by atoms with van der Waals surface area (Å²) < 4.78 is 27.3. The number of furan rings is 1. The summed E-state index contributed by atoms with van der Waals surface area (Å²) in [5, 5.41) is 13.6. The van der Waals surface area contributed by atoms with E-state index in [1.807, 2.05) is 0 Å². The highest BCUT2D eigenvalue weighted by Gasteiger charge is 2.21. The maximum Gasteiger partial charge on any atom is 0.326 e. The van der Waals surface area contributed by atoms with Crippen LogP contribution in [-0.2, 0) is 21.2 Å². The molecule has 1 aromatic rings. The Morgan fingerprint density at radius 2 is 2.05 bits per heavy atom. The maximum absolute atomic E-state index is 11.6. The minimum absolute atomic E-state index is 0.109. The van der Waals surface area contributed by atoms with Crippen molar-refractivity contribution in [3.05, 3.63) is 23.7 Å². The van der Waals surface area contributed by atoms with Gasteiger partial charge in [0, 0.05) is 6.26 Å². The van der Waals surface area contributed by atoms with Crippen molar-refractivity contribution in [2.45, 2.75) is 25.9 Å². The summed E-state index contributed by atoms with van der Waals surface area (Å²) in [5.41, 5.74) is 0.